The summed E-state index contributed by atoms with van der Waals surface area (Å²) in [5.41, 5.74) is 4.76. The van der Waals surface area contributed by atoms with Crippen molar-refractivity contribution in [2.75, 3.05) is 11.9 Å². The number of nitrogens with zero attached hydrogens (tertiary/aromatic N) is 3. The van der Waals surface area contributed by atoms with Gasteiger partial charge in [-0.1, -0.05) is 18.2 Å². The maximum absolute atomic E-state index is 5.54. The molecule has 0 amide bonds. The standard InChI is InChI=1S/C22H19N5O/c1-2-28-16-9-7-15(8-10-16)25-22-21(26-20-14-23-11-12-27(20)22)18-13-24-19-6-4-3-5-17(18)19/h3-14,24-25H,2H2,1H3. The summed E-state index contributed by atoms with van der Waals surface area (Å²) in [5.74, 6) is 1.75. The maximum Gasteiger partial charge on any atom is 0.157 e. The Morgan fingerprint density at radius 1 is 1.11 bits per heavy atom. The van der Waals surface area contributed by atoms with Crippen molar-refractivity contribution < 1.29 is 4.74 Å². The SMILES string of the molecule is CCOc1ccc(Nc2c(-c3c[nH]c4ccccc34)nc3cnccn23)cc1. The lowest BCUT2D eigenvalue weighted by molar-refractivity contribution is 0.340. The van der Waals surface area contributed by atoms with E-state index in [2.05, 4.69) is 27.4 Å². The van der Waals surface area contributed by atoms with Crippen molar-refractivity contribution in [3.63, 3.8) is 0 Å². The molecule has 138 valence electrons. The van der Waals surface area contributed by atoms with Crippen LogP contribution in [0.4, 0.5) is 11.5 Å². The van der Waals surface area contributed by atoms with Gasteiger partial charge in [0.2, 0.25) is 0 Å². The number of imidazole rings is 1. The second-order valence-corrected chi connectivity index (χ2v) is 6.44. The van der Waals surface area contributed by atoms with E-state index in [-0.39, 0.29) is 0 Å². The monoisotopic (exact) mass is 369 g/mol. The van der Waals surface area contributed by atoms with E-state index in [1.54, 1.807) is 12.4 Å². The molecular weight excluding hydrogens is 350 g/mol. The van der Waals surface area contributed by atoms with Gasteiger partial charge in [0.15, 0.2) is 5.65 Å². The number of ether oxygens (including phenoxy) is 1. The minimum Gasteiger partial charge on any atom is -0.494 e. The van der Waals surface area contributed by atoms with Gasteiger partial charge in [0.1, 0.15) is 17.3 Å². The summed E-state index contributed by atoms with van der Waals surface area (Å²) >= 11 is 0. The van der Waals surface area contributed by atoms with Crippen molar-refractivity contribution in [1.82, 2.24) is 19.4 Å². The molecular formula is C22H19N5O. The van der Waals surface area contributed by atoms with Gasteiger partial charge in [-0.05, 0) is 37.3 Å². The van der Waals surface area contributed by atoms with Crippen LogP contribution < -0.4 is 10.1 Å². The van der Waals surface area contributed by atoms with Gasteiger partial charge in [-0.2, -0.15) is 0 Å². The third kappa shape index (κ3) is 2.75. The molecule has 2 N–H and O–H groups in total. The first kappa shape index (κ1) is 16.4. The lowest BCUT2D eigenvalue weighted by Crippen LogP contribution is -1.97. The number of para-hydroxylation sites is 1. The zero-order chi connectivity index (χ0) is 18.9. The van der Waals surface area contributed by atoms with E-state index >= 15 is 0 Å². The van der Waals surface area contributed by atoms with Crippen LogP contribution in [-0.4, -0.2) is 26.0 Å². The van der Waals surface area contributed by atoms with E-state index in [0.29, 0.717) is 6.61 Å². The number of hydrogen-bond acceptors (Lipinski definition) is 4. The molecule has 0 radical (unpaired) electrons. The van der Waals surface area contributed by atoms with E-state index in [4.69, 9.17) is 9.72 Å². The van der Waals surface area contributed by atoms with Gasteiger partial charge in [0, 0.05) is 40.7 Å². The van der Waals surface area contributed by atoms with Crippen LogP contribution >= 0.6 is 0 Å². The van der Waals surface area contributed by atoms with Crippen LogP contribution in [0.2, 0.25) is 0 Å². The lowest BCUT2D eigenvalue weighted by Gasteiger charge is -2.10. The molecule has 0 atom stereocenters. The van der Waals surface area contributed by atoms with Crippen molar-refractivity contribution in [2.24, 2.45) is 0 Å². The van der Waals surface area contributed by atoms with Gasteiger partial charge < -0.3 is 15.0 Å². The molecule has 28 heavy (non-hydrogen) atoms. The molecule has 0 unspecified atom stereocenters. The first-order valence-electron chi connectivity index (χ1n) is 9.22. The van der Waals surface area contributed by atoms with Crippen molar-refractivity contribution in [3.8, 4) is 17.0 Å². The van der Waals surface area contributed by atoms with E-state index in [0.717, 1.165) is 45.1 Å². The van der Waals surface area contributed by atoms with Crippen molar-refractivity contribution >= 4 is 28.1 Å². The Hall–Kier alpha value is -3.80. The summed E-state index contributed by atoms with van der Waals surface area (Å²) in [6.45, 7) is 2.63. The third-order valence-corrected chi connectivity index (χ3v) is 4.70. The number of benzene rings is 2. The Kier molecular flexibility index (Phi) is 3.94. The third-order valence-electron chi connectivity index (χ3n) is 4.70. The highest BCUT2D eigenvalue weighted by molar-refractivity contribution is 5.98. The number of aromatic amines is 1. The average molecular weight is 369 g/mol. The summed E-state index contributed by atoms with van der Waals surface area (Å²) in [4.78, 5) is 12.4. The molecule has 6 heteroatoms. The van der Waals surface area contributed by atoms with Crippen LogP contribution in [0.15, 0.2) is 73.3 Å². The second-order valence-electron chi connectivity index (χ2n) is 6.44. The molecule has 0 aliphatic carbocycles. The van der Waals surface area contributed by atoms with Crippen LogP contribution in [0, 0.1) is 0 Å². The first-order chi connectivity index (χ1) is 13.8. The fourth-order valence-electron chi connectivity index (χ4n) is 3.42. The molecule has 0 spiro atoms. The Morgan fingerprint density at radius 2 is 1.96 bits per heavy atom. The van der Waals surface area contributed by atoms with E-state index in [9.17, 15) is 0 Å². The number of H-pyrrole nitrogens is 1. The van der Waals surface area contributed by atoms with Crippen molar-refractivity contribution in [2.45, 2.75) is 6.92 Å². The van der Waals surface area contributed by atoms with Crippen LogP contribution in [0.25, 0.3) is 27.8 Å². The van der Waals surface area contributed by atoms with Crippen molar-refractivity contribution in [1.29, 1.82) is 0 Å². The maximum atomic E-state index is 5.54. The highest BCUT2D eigenvalue weighted by Crippen LogP contribution is 2.35. The van der Waals surface area contributed by atoms with Crippen molar-refractivity contribution in [3.05, 3.63) is 73.3 Å². The molecule has 3 heterocycles. The molecule has 5 aromatic rings. The van der Waals surface area contributed by atoms with Gasteiger partial charge in [0.25, 0.3) is 0 Å². The summed E-state index contributed by atoms with van der Waals surface area (Å²) in [6, 6.07) is 16.2. The largest absolute Gasteiger partial charge is 0.494 e. The van der Waals surface area contributed by atoms with E-state index < -0.39 is 0 Å². The van der Waals surface area contributed by atoms with Gasteiger partial charge in [0.05, 0.1) is 12.8 Å². The minimum absolute atomic E-state index is 0.651. The highest BCUT2D eigenvalue weighted by atomic mass is 16.5. The molecule has 0 bridgehead atoms. The molecule has 0 aliphatic heterocycles. The van der Waals surface area contributed by atoms with E-state index in [1.807, 2.05) is 60.1 Å². The smallest absolute Gasteiger partial charge is 0.157 e. The average Bonchev–Trinajstić information content (AvgIpc) is 3.31. The van der Waals surface area contributed by atoms with Gasteiger partial charge >= 0.3 is 0 Å². The Bertz CT molecular complexity index is 1250. The van der Waals surface area contributed by atoms with Gasteiger partial charge in [-0.3, -0.25) is 9.38 Å². The van der Waals surface area contributed by atoms with Gasteiger partial charge in [-0.15, -0.1) is 0 Å². The number of fused-ring (bicyclic) bond motifs is 2. The lowest BCUT2D eigenvalue weighted by atomic mass is 10.1. The number of nitrogens with one attached hydrogen (secondary N) is 2. The number of hydrogen-bond donors (Lipinski definition) is 2. The van der Waals surface area contributed by atoms with Gasteiger partial charge in [-0.25, -0.2) is 4.98 Å². The summed E-state index contributed by atoms with van der Waals surface area (Å²) < 4.78 is 7.55. The number of rotatable bonds is 5. The van der Waals surface area contributed by atoms with Crippen LogP contribution in [-0.2, 0) is 0 Å². The quantitative estimate of drug-likeness (QED) is 0.456. The predicted octanol–water partition coefficient (Wildman–Crippen LogP) is 5.02. The fourth-order valence-corrected chi connectivity index (χ4v) is 3.42. The molecule has 5 rings (SSSR count). The topological polar surface area (TPSA) is 67.2 Å². The summed E-state index contributed by atoms with van der Waals surface area (Å²) in [7, 11) is 0. The minimum atomic E-state index is 0.651. The molecule has 6 nitrogen and oxygen atoms in total. The molecule has 3 aromatic heterocycles. The van der Waals surface area contributed by atoms with Crippen LogP contribution in [0.3, 0.4) is 0 Å². The zero-order valence-corrected chi connectivity index (χ0v) is 15.4. The van der Waals surface area contributed by atoms with Crippen LogP contribution in [0.1, 0.15) is 6.92 Å². The normalized spacial score (nSPS) is 11.2. The summed E-state index contributed by atoms with van der Waals surface area (Å²) in [6.07, 6.45) is 7.44. The number of anilines is 2. The fraction of sp³-hybridized carbons (Fsp3) is 0.0909. The predicted molar refractivity (Wildman–Crippen MR) is 111 cm³/mol. The molecule has 0 aliphatic rings. The molecule has 0 saturated carbocycles. The second kappa shape index (κ2) is 6.74. The summed E-state index contributed by atoms with van der Waals surface area (Å²) in [5, 5.41) is 4.65. The van der Waals surface area contributed by atoms with Crippen LogP contribution in [0.5, 0.6) is 5.75 Å². The first-order valence-corrected chi connectivity index (χ1v) is 9.22. The molecule has 2 aromatic carbocycles. The Balaban J connectivity index is 1.64. The Morgan fingerprint density at radius 3 is 2.82 bits per heavy atom. The molecule has 0 fully saturated rings. The Labute approximate surface area is 161 Å². The molecule has 0 saturated heterocycles. The number of aromatic nitrogens is 4. The zero-order valence-electron chi connectivity index (χ0n) is 15.4. The van der Waals surface area contributed by atoms with E-state index in [1.165, 1.54) is 0 Å². The highest BCUT2D eigenvalue weighted by Gasteiger charge is 2.17.